The fourth-order valence-corrected chi connectivity index (χ4v) is 3.56. The second-order valence-electron chi connectivity index (χ2n) is 6.07. The average molecular weight is 361 g/mol. The summed E-state index contributed by atoms with van der Waals surface area (Å²) in [6.07, 6.45) is -0.170. The molecule has 1 aliphatic heterocycles. The Bertz CT molecular complexity index is 713. The zero-order valence-electron chi connectivity index (χ0n) is 12.8. The van der Waals surface area contributed by atoms with Gasteiger partial charge in [0.25, 0.3) is 5.56 Å². The highest BCUT2D eigenvalue weighted by atomic mass is 31.2. The number of ether oxygens (including phenoxy) is 1. The van der Waals surface area contributed by atoms with E-state index in [1.54, 1.807) is 6.07 Å². The molecule has 134 valence electrons. The number of hydrogen-bond donors (Lipinski definition) is 4. The van der Waals surface area contributed by atoms with Gasteiger partial charge in [-0.05, 0) is 37.3 Å². The Morgan fingerprint density at radius 3 is 2.67 bits per heavy atom. The average Bonchev–Trinajstić information content (AvgIpc) is 2.81. The summed E-state index contributed by atoms with van der Waals surface area (Å²) in [6, 6.07) is 1.80. The number of aryl methyl sites for hydroxylation is 1. The van der Waals surface area contributed by atoms with E-state index in [4.69, 9.17) is 14.5 Å². The van der Waals surface area contributed by atoms with Gasteiger partial charge in [0.15, 0.2) is 6.23 Å². The van der Waals surface area contributed by atoms with Crippen molar-refractivity contribution in [3.63, 3.8) is 0 Å². The fraction of sp³-hybridized carbons (Fsp3) is 0.643. The van der Waals surface area contributed by atoms with Crippen molar-refractivity contribution in [2.75, 3.05) is 6.61 Å². The Labute approximate surface area is 137 Å². The van der Waals surface area contributed by atoms with Gasteiger partial charge in [-0.3, -0.25) is 13.9 Å². The Morgan fingerprint density at radius 2 is 1.96 bits per heavy atom. The maximum absolute atomic E-state index is 12.6. The number of aromatic nitrogens is 1. The lowest BCUT2D eigenvalue weighted by atomic mass is 9.93. The highest BCUT2D eigenvalue weighted by Gasteiger charge is 2.45. The molecule has 1 saturated heterocycles. The molecule has 0 bridgehead atoms. The van der Waals surface area contributed by atoms with Crippen molar-refractivity contribution in [1.82, 2.24) is 4.57 Å². The molecule has 2 aliphatic rings. The third-order valence-corrected chi connectivity index (χ3v) is 4.94. The van der Waals surface area contributed by atoms with Gasteiger partial charge >= 0.3 is 7.82 Å². The van der Waals surface area contributed by atoms with E-state index in [-0.39, 0.29) is 5.56 Å². The molecular weight excluding hydrogens is 341 g/mol. The zero-order valence-corrected chi connectivity index (χ0v) is 13.7. The molecule has 3 rings (SSSR count). The third kappa shape index (κ3) is 3.48. The van der Waals surface area contributed by atoms with Crippen LogP contribution in [0, 0.1) is 0 Å². The Kier molecular flexibility index (Phi) is 4.94. The van der Waals surface area contributed by atoms with Crippen molar-refractivity contribution >= 4 is 7.82 Å². The molecule has 0 spiro atoms. The second kappa shape index (κ2) is 6.68. The summed E-state index contributed by atoms with van der Waals surface area (Å²) >= 11 is 0. The van der Waals surface area contributed by atoms with Gasteiger partial charge in [0.2, 0.25) is 0 Å². The summed E-state index contributed by atoms with van der Waals surface area (Å²) in [5.41, 5.74) is 1.39. The van der Waals surface area contributed by atoms with Crippen LogP contribution in [0.2, 0.25) is 0 Å². The highest BCUT2D eigenvalue weighted by molar-refractivity contribution is 7.46. The minimum Gasteiger partial charge on any atom is -0.387 e. The minimum absolute atomic E-state index is 0.278. The van der Waals surface area contributed by atoms with Crippen LogP contribution in [0.4, 0.5) is 0 Å². The molecule has 0 aromatic carbocycles. The van der Waals surface area contributed by atoms with E-state index < -0.39 is 39.0 Å². The number of pyridine rings is 1. The van der Waals surface area contributed by atoms with E-state index in [0.717, 1.165) is 24.8 Å². The standard InChI is InChI=1S/C14H20NO8P/c16-11-10(7-22-24(19,20)21)23-14(12(11)17)15-6-5-8-3-1-2-4-9(8)13(15)18/h5-6,10-12,14,16-17H,1-4,7H2,(H2,19,20,21)/t10-,11+,12-,14-/m1/s1. The van der Waals surface area contributed by atoms with Crippen molar-refractivity contribution in [3.05, 3.63) is 33.7 Å². The third-order valence-electron chi connectivity index (χ3n) is 4.46. The predicted octanol–water partition coefficient (Wildman–Crippen LogP) is -0.544. The molecule has 2 heterocycles. The molecule has 1 fully saturated rings. The number of phosphoric acid groups is 1. The van der Waals surface area contributed by atoms with Gasteiger partial charge in [0, 0.05) is 11.8 Å². The van der Waals surface area contributed by atoms with Crippen LogP contribution in [0.3, 0.4) is 0 Å². The number of phosphoric ester groups is 1. The number of hydrogen-bond acceptors (Lipinski definition) is 6. The first-order valence-electron chi connectivity index (χ1n) is 7.72. The van der Waals surface area contributed by atoms with E-state index in [1.807, 2.05) is 0 Å². The lowest BCUT2D eigenvalue weighted by Gasteiger charge is -2.21. The summed E-state index contributed by atoms with van der Waals surface area (Å²) in [4.78, 5) is 30.1. The quantitative estimate of drug-likeness (QED) is 0.524. The largest absolute Gasteiger partial charge is 0.469 e. The number of rotatable bonds is 4. The van der Waals surface area contributed by atoms with E-state index in [9.17, 15) is 19.6 Å². The molecule has 0 amide bonds. The molecule has 9 nitrogen and oxygen atoms in total. The lowest BCUT2D eigenvalue weighted by molar-refractivity contribution is -0.0538. The monoisotopic (exact) mass is 361 g/mol. The van der Waals surface area contributed by atoms with Crippen LogP contribution in [0.25, 0.3) is 0 Å². The highest BCUT2D eigenvalue weighted by Crippen LogP contribution is 2.38. The molecule has 24 heavy (non-hydrogen) atoms. The molecule has 1 aromatic heterocycles. The van der Waals surface area contributed by atoms with Crippen molar-refractivity contribution in [1.29, 1.82) is 0 Å². The normalized spacial score (nSPS) is 30.3. The second-order valence-corrected chi connectivity index (χ2v) is 7.31. The van der Waals surface area contributed by atoms with Crippen LogP contribution in [-0.2, 0) is 26.7 Å². The molecule has 0 unspecified atom stereocenters. The molecule has 0 radical (unpaired) electrons. The van der Waals surface area contributed by atoms with Crippen LogP contribution in [0.1, 0.15) is 30.2 Å². The summed E-state index contributed by atoms with van der Waals surface area (Å²) in [6.45, 7) is -0.599. The van der Waals surface area contributed by atoms with Crippen LogP contribution < -0.4 is 5.56 Å². The fourth-order valence-electron chi connectivity index (χ4n) is 3.22. The van der Waals surface area contributed by atoms with E-state index in [1.165, 1.54) is 10.8 Å². The van der Waals surface area contributed by atoms with Crippen LogP contribution >= 0.6 is 7.82 Å². The maximum atomic E-state index is 12.6. The van der Waals surface area contributed by atoms with Crippen LogP contribution in [0.5, 0.6) is 0 Å². The zero-order chi connectivity index (χ0) is 17.5. The van der Waals surface area contributed by atoms with Gasteiger partial charge in [-0.2, -0.15) is 0 Å². The lowest BCUT2D eigenvalue weighted by Crippen LogP contribution is -2.36. The van der Waals surface area contributed by atoms with E-state index in [2.05, 4.69) is 4.52 Å². The molecule has 4 atom stereocenters. The van der Waals surface area contributed by atoms with Crippen molar-refractivity contribution in [2.24, 2.45) is 0 Å². The Hall–Kier alpha value is -1.06. The van der Waals surface area contributed by atoms with Gasteiger partial charge in [-0.1, -0.05) is 0 Å². The maximum Gasteiger partial charge on any atom is 0.469 e. The molecule has 10 heteroatoms. The summed E-state index contributed by atoms with van der Waals surface area (Å²) in [7, 11) is -4.72. The minimum atomic E-state index is -4.72. The molecular formula is C14H20NO8P. The number of fused-ring (bicyclic) bond motifs is 1. The van der Waals surface area contributed by atoms with Gasteiger partial charge in [-0.25, -0.2) is 4.57 Å². The molecule has 1 aliphatic carbocycles. The van der Waals surface area contributed by atoms with Gasteiger partial charge in [0.05, 0.1) is 6.61 Å². The molecule has 4 N–H and O–H groups in total. The van der Waals surface area contributed by atoms with Crippen LogP contribution in [-0.4, -0.2) is 49.5 Å². The first kappa shape index (κ1) is 17.8. The van der Waals surface area contributed by atoms with Gasteiger partial charge < -0.3 is 24.7 Å². The van der Waals surface area contributed by atoms with Gasteiger partial charge in [-0.15, -0.1) is 0 Å². The summed E-state index contributed by atoms with van der Waals surface area (Å²) < 4.78 is 21.7. The predicted molar refractivity (Wildman–Crippen MR) is 81.3 cm³/mol. The van der Waals surface area contributed by atoms with Crippen molar-refractivity contribution < 1.29 is 33.8 Å². The van der Waals surface area contributed by atoms with Crippen molar-refractivity contribution in [2.45, 2.75) is 50.2 Å². The van der Waals surface area contributed by atoms with E-state index >= 15 is 0 Å². The summed E-state index contributed by atoms with van der Waals surface area (Å²) in [5, 5.41) is 20.1. The SMILES string of the molecule is O=c1c2c(ccn1[C@@H]1O[C@H](COP(=O)(O)O)[C@H](O)[C@H]1O)CCCC2. The first-order valence-corrected chi connectivity index (χ1v) is 9.25. The van der Waals surface area contributed by atoms with E-state index in [0.29, 0.717) is 12.0 Å². The topological polar surface area (TPSA) is 138 Å². The number of aliphatic hydroxyl groups is 2. The number of nitrogens with zero attached hydrogens (tertiary/aromatic N) is 1. The molecule has 1 aromatic rings. The Morgan fingerprint density at radius 1 is 1.25 bits per heavy atom. The molecule has 0 saturated carbocycles. The first-order chi connectivity index (χ1) is 11.3. The Balaban J connectivity index is 1.82. The van der Waals surface area contributed by atoms with Gasteiger partial charge in [0.1, 0.15) is 18.3 Å². The summed E-state index contributed by atoms with van der Waals surface area (Å²) in [5.74, 6) is 0. The smallest absolute Gasteiger partial charge is 0.387 e. The van der Waals surface area contributed by atoms with Crippen molar-refractivity contribution in [3.8, 4) is 0 Å². The number of aliphatic hydroxyl groups excluding tert-OH is 2. The van der Waals surface area contributed by atoms with Crippen LogP contribution in [0.15, 0.2) is 17.1 Å².